The third-order valence-electron chi connectivity index (χ3n) is 7.14. The highest BCUT2D eigenvalue weighted by atomic mass is 35.5. The van der Waals surface area contributed by atoms with Crippen LogP contribution in [0.4, 0.5) is 0 Å². The molecule has 0 radical (unpaired) electrons. The van der Waals surface area contributed by atoms with Crippen molar-refractivity contribution in [2.24, 2.45) is 0 Å². The highest BCUT2D eigenvalue weighted by Crippen LogP contribution is 2.31. The molecule has 0 spiro atoms. The lowest BCUT2D eigenvalue weighted by molar-refractivity contribution is -0.136. The largest absolute Gasteiger partial charge is 0.490 e. The highest BCUT2D eigenvalue weighted by Gasteiger charge is 2.39. The van der Waals surface area contributed by atoms with Gasteiger partial charge >= 0.3 is 0 Å². The van der Waals surface area contributed by atoms with E-state index in [4.69, 9.17) is 16.3 Å². The first-order valence-electron chi connectivity index (χ1n) is 12.6. The standard InChI is InChI=1S/C19H22N2O4.C7H8ClN3/c22-17-9-8-16(18(23)20-17)21-11-12-10-14(6-7-15(12)19(21)24)25-13-4-2-1-3-5-13;8-6-3-10-7(11-4-6)5-1-9-2-5/h6-7,10,13,16H,1-5,8-9,11H2,(H,20,22,23);3-5,9H,1-2H2. The average Bonchev–Trinajstić information content (AvgIpc) is 3.16. The zero-order valence-corrected chi connectivity index (χ0v) is 20.8. The summed E-state index contributed by atoms with van der Waals surface area (Å²) in [6.07, 6.45) is 10.0. The van der Waals surface area contributed by atoms with Crippen molar-refractivity contribution < 1.29 is 19.1 Å². The normalized spacial score (nSPS) is 22.3. The number of hydrogen-bond donors (Lipinski definition) is 2. The molecule has 2 aromatic rings. The number of nitrogens with one attached hydrogen (secondary N) is 2. The molecule has 4 heterocycles. The van der Waals surface area contributed by atoms with Gasteiger partial charge < -0.3 is 15.0 Å². The van der Waals surface area contributed by atoms with Crippen molar-refractivity contribution in [3.05, 3.63) is 52.6 Å². The van der Waals surface area contributed by atoms with Crippen molar-refractivity contribution in [2.45, 2.75) is 69.6 Å². The number of ether oxygens (including phenoxy) is 1. The summed E-state index contributed by atoms with van der Waals surface area (Å²) in [7, 11) is 0. The quantitative estimate of drug-likeness (QED) is 0.606. The first-order valence-corrected chi connectivity index (χ1v) is 13.0. The first-order chi connectivity index (χ1) is 17.5. The van der Waals surface area contributed by atoms with Gasteiger partial charge in [0.15, 0.2) is 0 Å². The molecular formula is C26H30ClN5O4. The number of rotatable bonds is 4. The number of halogens is 1. The van der Waals surface area contributed by atoms with Crippen LogP contribution in [0.1, 0.15) is 72.6 Å². The van der Waals surface area contributed by atoms with Gasteiger partial charge in [-0.1, -0.05) is 18.0 Å². The second kappa shape index (κ2) is 10.9. The molecule has 3 fully saturated rings. The van der Waals surface area contributed by atoms with Crippen molar-refractivity contribution in [3.63, 3.8) is 0 Å². The third-order valence-corrected chi connectivity index (χ3v) is 7.33. The van der Waals surface area contributed by atoms with Crippen LogP contribution in [-0.2, 0) is 16.1 Å². The number of benzene rings is 1. The van der Waals surface area contributed by atoms with Gasteiger partial charge in [0.2, 0.25) is 11.8 Å². The molecule has 1 unspecified atom stereocenters. The van der Waals surface area contributed by atoms with Crippen molar-refractivity contribution in [1.82, 2.24) is 25.5 Å². The lowest BCUT2D eigenvalue weighted by Gasteiger charge is -2.29. The molecule has 1 aromatic carbocycles. The van der Waals surface area contributed by atoms with E-state index in [0.29, 0.717) is 29.5 Å². The lowest BCUT2D eigenvalue weighted by Crippen LogP contribution is -2.52. The Kier molecular flexibility index (Phi) is 7.48. The van der Waals surface area contributed by atoms with E-state index in [2.05, 4.69) is 20.6 Å². The number of hydrogen-bond acceptors (Lipinski definition) is 7. The van der Waals surface area contributed by atoms with Crippen molar-refractivity contribution in [1.29, 1.82) is 0 Å². The van der Waals surface area contributed by atoms with Crippen molar-refractivity contribution in [3.8, 4) is 5.75 Å². The van der Waals surface area contributed by atoms with Gasteiger partial charge in [0, 0.05) is 49.9 Å². The predicted molar refractivity (Wildman–Crippen MR) is 133 cm³/mol. The van der Waals surface area contributed by atoms with Crippen LogP contribution in [0.2, 0.25) is 5.02 Å². The molecule has 10 heteroatoms. The fraction of sp³-hybridized carbons (Fsp3) is 0.500. The number of fused-ring (bicyclic) bond motifs is 1. The van der Waals surface area contributed by atoms with E-state index in [9.17, 15) is 14.4 Å². The predicted octanol–water partition coefficient (Wildman–Crippen LogP) is 2.98. The Morgan fingerprint density at radius 3 is 2.42 bits per heavy atom. The van der Waals surface area contributed by atoms with Gasteiger partial charge in [-0.25, -0.2) is 9.97 Å². The maximum atomic E-state index is 12.6. The highest BCUT2D eigenvalue weighted by molar-refractivity contribution is 6.30. The summed E-state index contributed by atoms with van der Waals surface area (Å²) in [5.74, 6) is 1.39. The molecular weight excluding hydrogens is 482 g/mol. The zero-order chi connectivity index (χ0) is 25.1. The molecule has 3 amide bonds. The van der Waals surface area contributed by atoms with Gasteiger partial charge in [-0.15, -0.1) is 0 Å². The Morgan fingerprint density at radius 1 is 1.00 bits per heavy atom. The van der Waals surface area contributed by atoms with Gasteiger partial charge in [-0.05, 0) is 55.9 Å². The minimum absolute atomic E-state index is 0.145. The maximum absolute atomic E-state index is 12.6. The lowest BCUT2D eigenvalue weighted by atomic mass is 9.98. The summed E-state index contributed by atoms with van der Waals surface area (Å²) in [6, 6.07) is 5.00. The summed E-state index contributed by atoms with van der Waals surface area (Å²) >= 11 is 5.64. The topological polar surface area (TPSA) is 114 Å². The number of carbonyl (C=O) groups excluding carboxylic acids is 3. The van der Waals surface area contributed by atoms with Gasteiger partial charge in [0.25, 0.3) is 5.91 Å². The molecule has 2 saturated heterocycles. The molecule has 1 saturated carbocycles. The van der Waals surface area contributed by atoms with Crippen LogP contribution < -0.4 is 15.4 Å². The summed E-state index contributed by atoms with van der Waals surface area (Å²) < 4.78 is 6.08. The van der Waals surface area contributed by atoms with Gasteiger partial charge in [-0.2, -0.15) is 0 Å². The number of piperidine rings is 1. The van der Waals surface area contributed by atoms with E-state index in [1.165, 1.54) is 19.3 Å². The average molecular weight is 512 g/mol. The van der Waals surface area contributed by atoms with Crippen LogP contribution in [0.25, 0.3) is 0 Å². The summed E-state index contributed by atoms with van der Waals surface area (Å²) in [5.41, 5.74) is 1.52. The summed E-state index contributed by atoms with van der Waals surface area (Å²) in [4.78, 5) is 45.8. The van der Waals surface area contributed by atoms with E-state index in [1.807, 2.05) is 12.1 Å². The number of carbonyl (C=O) groups is 3. The fourth-order valence-corrected chi connectivity index (χ4v) is 5.10. The van der Waals surface area contributed by atoms with E-state index >= 15 is 0 Å². The Labute approximate surface area is 215 Å². The van der Waals surface area contributed by atoms with Gasteiger partial charge in [0.1, 0.15) is 17.6 Å². The second-order valence-electron chi connectivity index (χ2n) is 9.71. The van der Waals surface area contributed by atoms with E-state index in [-0.39, 0.29) is 30.2 Å². The second-order valence-corrected chi connectivity index (χ2v) is 10.1. The van der Waals surface area contributed by atoms with Crippen LogP contribution in [0.15, 0.2) is 30.6 Å². The Bertz CT molecular complexity index is 1130. The fourth-order valence-electron chi connectivity index (χ4n) is 5.00. The molecule has 36 heavy (non-hydrogen) atoms. The van der Waals surface area contributed by atoms with Crippen molar-refractivity contribution >= 4 is 29.3 Å². The number of aromatic nitrogens is 2. The molecule has 1 aliphatic carbocycles. The SMILES string of the molecule is Clc1cnc(C2CNC2)nc1.O=C1CCC(N2Cc3cc(OC4CCCCC4)ccc3C2=O)C(=O)N1. The Balaban J connectivity index is 0.000000202. The van der Waals surface area contributed by atoms with E-state index < -0.39 is 6.04 Å². The molecule has 4 aliphatic rings. The Hall–Kier alpha value is -3.04. The molecule has 190 valence electrons. The smallest absolute Gasteiger partial charge is 0.255 e. The van der Waals surface area contributed by atoms with Crippen LogP contribution in [-0.4, -0.2) is 57.8 Å². The van der Waals surface area contributed by atoms with Crippen LogP contribution in [0, 0.1) is 0 Å². The monoisotopic (exact) mass is 511 g/mol. The van der Waals surface area contributed by atoms with Gasteiger partial charge in [-0.3, -0.25) is 19.7 Å². The summed E-state index contributed by atoms with van der Waals surface area (Å²) in [6.45, 7) is 2.37. The first kappa shape index (κ1) is 24.6. The molecule has 0 bridgehead atoms. The summed E-state index contributed by atoms with van der Waals surface area (Å²) in [5, 5.41) is 6.08. The van der Waals surface area contributed by atoms with E-state index in [1.54, 1.807) is 23.4 Å². The molecule has 1 atom stereocenters. The Morgan fingerprint density at radius 2 is 1.75 bits per heavy atom. The molecule has 3 aliphatic heterocycles. The van der Waals surface area contributed by atoms with Crippen LogP contribution >= 0.6 is 11.6 Å². The molecule has 9 nitrogen and oxygen atoms in total. The van der Waals surface area contributed by atoms with Crippen molar-refractivity contribution in [2.75, 3.05) is 13.1 Å². The molecule has 2 N–H and O–H groups in total. The third kappa shape index (κ3) is 5.52. The number of imide groups is 1. The number of amides is 3. The molecule has 6 rings (SSSR count). The zero-order valence-electron chi connectivity index (χ0n) is 20.0. The minimum atomic E-state index is -0.569. The van der Waals surface area contributed by atoms with E-state index in [0.717, 1.165) is 43.1 Å². The molecule has 1 aromatic heterocycles. The van der Waals surface area contributed by atoms with Gasteiger partial charge in [0.05, 0.1) is 11.1 Å². The minimum Gasteiger partial charge on any atom is -0.490 e. The number of nitrogens with zero attached hydrogens (tertiary/aromatic N) is 3. The maximum Gasteiger partial charge on any atom is 0.255 e. The van der Waals surface area contributed by atoms with Crippen LogP contribution in [0.3, 0.4) is 0 Å². The van der Waals surface area contributed by atoms with Crippen LogP contribution in [0.5, 0.6) is 5.75 Å².